The average Bonchev–Trinajstić information content (AvgIpc) is 2.56. The van der Waals surface area contributed by atoms with Gasteiger partial charge in [0.25, 0.3) is 5.91 Å². The SMILES string of the molecule is CC1CC(C)CN(C(=O)c2ccc(Nc3ccc(Cl)cc3)nc2)C1. The molecule has 1 fully saturated rings. The molecule has 24 heavy (non-hydrogen) atoms. The molecule has 1 aliphatic heterocycles. The van der Waals surface area contributed by atoms with E-state index in [0.717, 1.165) is 18.8 Å². The topological polar surface area (TPSA) is 45.2 Å². The maximum Gasteiger partial charge on any atom is 0.255 e. The van der Waals surface area contributed by atoms with Crippen LogP contribution in [0.15, 0.2) is 42.6 Å². The van der Waals surface area contributed by atoms with E-state index in [1.165, 1.54) is 6.42 Å². The summed E-state index contributed by atoms with van der Waals surface area (Å²) in [6.07, 6.45) is 2.83. The molecular weight excluding hydrogens is 322 g/mol. The summed E-state index contributed by atoms with van der Waals surface area (Å²) >= 11 is 5.88. The first-order valence-corrected chi connectivity index (χ1v) is 8.67. The lowest BCUT2D eigenvalue weighted by atomic mass is 9.91. The Balaban J connectivity index is 1.67. The van der Waals surface area contributed by atoms with Crippen LogP contribution in [-0.2, 0) is 0 Å². The zero-order valence-electron chi connectivity index (χ0n) is 14.0. The Morgan fingerprint density at radius 2 is 1.79 bits per heavy atom. The molecular formula is C19H22ClN3O. The number of halogens is 1. The lowest BCUT2D eigenvalue weighted by Crippen LogP contribution is -2.42. The van der Waals surface area contributed by atoms with Crippen molar-refractivity contribution in [3.05, 3.63) is 53.2 Å². The van der Waals surface area contributed by atoms with Crippen LogP contribution < -0.4 is 5.32 Å². The van der Waals surface area contributed by atoms with Gasteiger partial charge in [0.15, 0.2) is 0 Å². The predicted molar refractivity (Wildman–Crippen MR) is 97.8 cm³/mol. The number of nitrogens with one attached hydrogen (secondary N) is 1. The van der Waals surface area contributed by atoms with Crippen molar-refractivity contribution in [2.24, 2.45) is 11.8 Å². The van der Waals surface area contributed by atoms with Crippen molar-refractivity contribution in [3.63, 3.8) is 0 Å². The van der Waals surface area contributed by atoms with Crippen molar-refractivity contribution in [3.8, 4) is 0 Å². The van der Waals surface area contributed by atoms with Crippen LogP contribution in [0.4, 0.5) is 11.5 Å². The van der Waals surface area contributed by atoms with E-state index in [1.54, 1.807) is 6.20 Å². The number of anilines is 2. The Bertz CT molecular complexity index is 690. The number of hydrogen-bond donors (Lipinski definition) is 1. The molecule has 1 N–H and O–H groups in total. The Morgan fingerprint density at radius 1 is 1.12 bits per heavy atom. The van der Waals surface area contributed by atoms with E-state index in [4.69, 9.17) is 11.6 Å². The van der Waals surface area contributed by atoms with Crippen molar-refractivity contribution in [2.45, 2.75) is 20.3 Å². The molecule has 2 aromatic rings. The van der Waals surface area contributed by atoms with Crippen molar-refractivity contribution in [2.75, 3.05) is 18.4 Å². The third-order valence-corrected chi connectivity index (χ3v) is 4.54. The smallest absolute Gasteiger partial charge is 0.255 e. The number of rotatable bonds is 3. The second-order valence-electron chi connectivity index (χ2n) is 6.72. The van der Waals surface area contributed by atoms with Gasteiger partial charge in [-0.3, -0.25) is 4.79 Å². The van der Waals surface area contributed by atoms with Gasteiger partial charge in [0.1, 0.15) is 5.82 Å². The second-order valence-corrected chi connectivity index (χ2v) is 7.16. The number of aromatic nitrogens is 1. The first-order chi connectivity index (χ1) is 11.5. The van der Waals surface area contributed by atoms with Crippen LogP contribution in [0, 0.1) is 11.8 Å². The maximum atomic E-state index is 12.6. The molecule has 0 saturated carbocycles. The van der Waals surface area contributed by atoms with E-state index in [2.05, 4.69) is 24.1 Å². The lowest BCUT2D eigenvalue weighted by molar-refractivity contribution is 0.0623. The van der Waals surface area contributed by atoms with Gasteiger partial charge in [0.2, 0.25) is 0 Å². The van der Waals surface area contributed by atoms with Crippen molar-refractivity contribution < 1.29 is 4.79 Å². The minimum absolute atomic E-state index is 0.0685. The zero-order chi connectivity index (χ0) is 17.1. The Hall–Kier alpha value is -2.07. The van der Waals surface area contributed by atoms with Gasteiger partial charge in [-0.2, -0.15) is 0 Å². The van der Waals surface area contributed by atoms with Crippen LogP contribution in [0.1, 0.15) is 30.6 Å². The molecule has 1 amide bonds. The molecule has 4 nitrogen and oxygen atoms in total. The number of carbonyl (C=O) groups is 1. The van der Waals surface area contributed by atoms with Crippen LogP contribution in [0.5, 0.6) is 0 Å². The van der Waals surface area contributed by atoms with E-state index in [1.807, 2.05) is 41.3 Å². The Kier molecular flexibility index (Phi) is 5.05. The monoisotopic (exact) mass is 343 g/mol. The van der Waals surface area contributed by atoms with Gasteiger partial charge in [0.05, 0.1) is 5.56 Å². The van der Waals surface area contributed by atoms with Gasteiger partial charge in [-0.1, -0.05) is 25.4 Å². The van der Waals surface area contributed by atoms with Gasteiger partial charge in [0, 0.05) is 30.0 Å². The fraction of sp³-hybridized carbons (Fsp3) is 0.368. The van der Waals surface area contributed by atoms with Crippen molar-refractivity contribution >= 4 is 29.0 Å². The molecule has 0 radical (unpaired) electrons. The molecule has 1 saturated heterocycles. The number of benzene rings is 1. The van der Waals surface area contributed by atoms with E-state index < -0.39 is 0 Å². The summed E-state index contributed by atoms with van der Waals surface area (Å²) in [5.74, 6) is 1.88. The van der Waals surface area contributed by atoms with Crippen LogP contribution >= 0.6 is 11.6 Å². The highest BCUT2D eigenvalue weighted by Crippen LogP contribution is 2.23. The van der Waals surface area contributed by atoms with Crippen molar-refractivity contribution in [1.29, 1.82) is 0 Å². The maximum absolute atomic E-state index is 12.6. The van der Waals surface area contributed by atoms with Crippen molar-refractivity contribution in [1.82, 2.24) is 9.88 Å². The van der Waals surface area contributed by atoms with Gasteiger partial charge in [-0.25, -0.2) is 4.98 Å². The molecule has 2 atom stereocenters. The number of piperidine rings is 1. The minimum atomic E-state index is 0.0685. The predicted octanol–water partition coefficient (Wildman–Crippen LogP) is 4.60. The first-order valence-electron chi connectivity index (χ1n) is 8.29. The molecule has 0 bridgehead atoms. The van der Waals surface area contributed by atoms with Crippen LogP contribution in [0.3, 0.4) is 0 Å². The number of nitrogens with zero attached hydrogens (tertiary/aromatic N) is 2. The molecule has 1 aliphatic rings. The number of hydrogen-bond acceptors (Lipinski definition) is 3. The van der Waals surface area contributed by atoms with Gasteiger partial charge >= 0.3 is 0 Å². The fourth-order valence-corrected chi connectivity index (χ4v) is 3.41. The largest absolute Gasteiger partial charge is 0.340 e. The first kappa shape index (κ1) is 16.8. The third-order valence-electron chi connectivity index (χ3n) is 4.28. The van der Waals surface area contributed by atoms with Gasteiger partial charge in [-0.05, 0) is 54.7 Å². The molecule has 1 aromatic heterocycles. The number of likely N-dealkylation sites (tertiary alicyclic amines) is 1. The second kappa shape index (κ2) is 7.22. The zero-order valence-corrected chi connectivity index (χ0v) is 14.8. The summed E-state index contributed by atoms with van der Waals surface area (Å²) in [7, 11) is 0. The summed E-state index contributed by atoms with van der Waals surface area (Å²) in [4.78, 5) is 19.0. The minimum Gasteiger partial charge on any atom is -0.340 e. The number of carbonyl (C=O) groups excluding carboxylic acids is 1. The Morgan fingerprint density at radius 3 is 2.38 bits per heavy atom. The van der Waals surface area contributed by atoms with Crippen LogP contribution in [-0.4, -0.2) is 28.9 Å². The number of amides is 1. The van der Waals surface area contributed by atoms with E-state index in [9.17, 15) is 4.79 Å². The van der Waals surface area contributed by atoms with E-state index in [-0.39, 0.29) is 5.91 Å². The van der Waals surface area contributed by atoms with Gasteiger partial charge in [-0.15, -0.1) is 0 Å². The summed E-state index contributed by atoms with van der Waals surface area (Å²) in [5, 5.41) is 3.89. The van der Waals surface area contributed by atoms with Gasteiger partial charge < -0.3 is 10.2 Å². The molecule has 0 aliphatic carbocycles. The standard InChI is InChI=1S/C19H22ClN3O/c1-13-9-14(2)12-23(11-13)19(24)15-3-8-18(21-10-15)22-17-6-4-16(20)5-7-17/h3-8,10,13-14H,9,11-12H2,1-2H3,(H,21,22). The highest BCUT2D eigenvalue weighted by atomic mass is 35.5. The lowest BCUT2D eigenvalue weighted by Gasteiger charge is -2.35. The highest BCUT2D eigenvalue weighted by molar-refractivity contribution is 6.30. The summed E-state index contributed by atoms with van der Waals surface area (Å²) in [5.41, 5.74) is 1.54. The molecule has 1 aromatic carbocycles. The number of pyridine rings is 1. The summed E-state index contributed by atoms with van der Waals surface area (Å²) < 4.78 is 0. The van der Waals surface area contributed by atoms with E-state index in [0.29, 0.717) is 28.2 Å². The third kappa shape index (κ3) is 4.06. The average molecular weight is 344 g/mol. The normalized spacial score (nSPS) is 20.7. The van der Waals surface area contributed by atoms with E-state index >= 15 is 0 Å². The highest BCUT2D eigenvalue weighted by Gasteiger charge is 2.26. The molecule has 2 heterocycles. The molecule has 3 rings (SSSR count). The summed E-state index contributed by atoms with van der Waals surface area (Å²) in [6, 6.07) is 11.1. The molecule has 126 valence electrons. The fourth-order valence-electron chi connectivity index (χ4n) is 3.29. The molecule has 2 unspecified atom stereocenters. The quantitative estimate of drug-likeness (QED) is 0.886. The summed E-state index contributed by atoms with van der Waals surface area (Å²) in [6.45, 7) is 6.06. The molecule has 0 spiro atoms. The van der Waals surface area contributed by atoms with Crippen LogP contribution in [0.25, 0.3) is 0 Å². The molecule has 5 heteroatoms. The Labute approximate surface area is 147 Å². The van der Waals surface area contributed by atoms with Crippen LogP contribution in [0.2, 0.25) is 5.02 Å².